The Morgan fingerprint density at radius 1 is 1.30 bits per heavy atom. The fourth-order valence-corrected chi connectivity index (χ4v) is 1.62. The highest BCUT2D eigenvalue weighted by Gasteiger charge is 2.17. The number of hydrogen-bond acceptors (Lipinski definition) is 3. The molecule has 1 aromatic rings. The summed E-state index contributed by atoms with van der Waals surface area (Å²) in [6, 6.07) is 1.32. The van der Waals surface area contributed by atoms with Crippen molar-refractivity contribution in [3.05, 3.63) is 27.0 Å². The maximum Gasteiger partial charge on any atom is 0.342 e. The molecule has 0 aliphatic carbocycles. The van der Waals surface area contributed by atoms with Gasteiger partial charge < -0.3 is 4.74 Å². The molecule has 0 atom stereocenters. The molecular weight excluding hydrogens is 321 g/mol. The first-order chi connectivity index (χ1) is 9.33. The Morgan fingerprint density at radius 2 is 1.75 bits per heavy atom. The number of pyridine rings is 1. The van der Waals surface area contributed by atoms with Gasteiger partial charge in [0, 0.05) is 0 Å². The van der Waals surface area contributed by atoms with E-state index in [9.17, 15) is 4.79 Å². The first kappa shape index (κ1) is 21.8. The lowest BCUT2D eigenvalue weighted by atomic mass is 10.2. The van der Waals surface area contributed by atoms with Gasteiger partial charge in [0.05, 0.1) is 12.1 Å². The molecule has 0 unspecified atom stereocenters. The van der Waals surface area contributed by atoms with Crippen LogP contribution in [0.15, 0.2) is 6.07 Å². The SMILES string of the molecule is CC.CCC(C)C.COC(=O)c1c(Cl)cc(Cl)nc1Cl. The minimum absolute atomic E-state index is 0.0234. The molecule has 0 radical (unpaired) electrons. The van der Waals surface area contributed by atoms with Crippen LogP contribution in [0.5, 0.6) is 0 Å². The van der Waals surface area contributed by atoms with E-state index in [1.54, 1.807) is 0 Å². The molecule has 1 aromatic heterocycles. The predicted molar refractivity (Wildman–Crippen MR) is 87.1 cm³/mol. The number of aromatic nitrogens is 1. The lowest BCUT2D eigenvalue weighted by molar-refractivity contribution is 0.0600. The highest BCUT2D eigenvalue weighted by molar-refractivity contribution is 6.40. The molecule has 116 valence electrons. The van der Waals surface area contributed by atoms with Crippen molar-refractivity contribution in [3.8, 4) is 0 Å². The number of nitrogens with zero attached hydrogens (tertiary/aromatic N) is 1. The predicted octanol–water partition coefficient (Wildman–Crippen LogP) is 5.91. The first-order valence-electron chi connectivity index (χ1n) is 6.43. The van der Waals surface area contributed by atoms with E-state index in [-0.39, 0.29) is 20.9 Å². The number of hydrogen-bond donors (Lipinski definition) is 0. The number of methoxy groups -OCH3 is 1. The second-order valence-electron chi connectivity index (χ2n) is 3.89. The molecule has 0 bridgehead atoms. The van der Waals surface area contributed by atoms with Crippen LogP contribution in [-0.4, -0.2) is 18.1 Å². The average Bonchev–Trinajstić information content (AvgIpc) is 2.40. The van der Waals surface area contributed by atoms with Crippen molar-refractivity contribution in [3.63, 3.8) is 0 Å². The van der Waals surface area contributed by atoms with E-state index in [4.69, 9.17) is 34.8 Å². The lowest BCUT2D eigenvalue weighted by Crippen LogP contribution is -2.04. The summed E-state index contributed by atoms with van der Waals surface area (Å²) in [6.45, 7) is 10.6. The fraction of sp³-hybridized carbons (Fsp3) is 0.571. The van der Waals surface area contributed by atoms with Gasteiger partial charge in [0.25, 0.3) is 0 Å². The Bertz CT molecular complexity index is 386. The quantitative estimate of drug-likeness (QED) is 0.495. The molecule has 6 heteroatoms. The van der Waals surface area contributed by atoms with Gasteiger partial charge in [0.1, 0.15) is 15.9 Å². The highest BCUT2D eigenvalue weighted by atomic mass is 35.5. The molecule has 1 heterocycles. The summed E-state index contributed by atoms with van der Waals surface area (Å²) in [6.07, 6.45) is 1.31. The van der Waals surface area contributed by atoms with Crippen molar-refractivity contribution in [1.82, 2.24) is 4.98 Å². The van der Waals surface area contributed by atoms with E-state index in [1.165, 1.54) is 19.6 Å². The Labute approximate surface area is 136 Å². The van der Waals surface area contributed by atoms with Crippen LogP contribution in [0.25, 0.3) is 0 Å². The smallest absolute Gasteiger partial charge is 0.342 e. The van der Waals surface area contributed by atoms with E-state index >= 15 is 0 Å². The monoisotopic (exact) mass is 341 g/mol. The second-order valence-corrected chi connectivity index (χ2v) is 5.04. The molecule has 0 fully saturated rings. The molecule has 0 aliphatic heterocycles. The van der Waals surface area contributed by atoms with Gasteiger partial charge in [-0.05, 0) is 12.0 Å². The third kappa shape index (κ3) is 8.62. The number of carbonyl (C=O) groups is 1. The van der Waals surface area contributed by atoms with Crippen molar-refractivity contribution in [2.75, 3.05) is 7.11 Å². The van der Waals surface area contributed by atoms with Gasteiger partial charge >= 0.3 is 5.97 Å². The van der Waals surface area contributed by atoms with Gasteiger partial charge in [-0.2, -0.15) is 0 Å². The van der Waals surface area contributed by atoms with Crippen LogP contribution in [0.2, 0.25) is 15.3 Å². The van der Waals surface area contributed by atoms with E-state index in [0.29, 0.717) is 0 Å². The second kappa shape index (κ2) is 12.2. The molecule has 0 spiro atoms. The average molecular weight is 343 g/mol. The molecule has 0 saturated heterocycles. The third-order valence-corrected chi connectivity index (χ3v) is 2.87. The van der Waals surface area contributed by atoms with E-state index in [0.717, 1.165) is 5.92 Å². The van der Waals surface area contributed by atoms with Crippen molar-refractivity contribution in [2.45, 2.75) is 41.0 Å². The van der Waals surface area contributed by atoms with Gasteiger partial charge in [-0.1, -0.05) is 75.8 Å². The number of rotatable bonds is 2. The zero-order valence-electron chi connectivity index (χ0n) is 12.8. The lowest BCUT2D eigenvalue weighted by Gasteiger charge is -2.03. The summed E-state index contributed by atoms with van der Waals surface area (Å²) in [4.78, 5) is 14.7. The Kier molecular flexibility index (Phi) is 13.3. The van der Waals surface area contributed by atoms with Gasteiger partial charge in [-0.3, -0.25) is 0 Å². The van der Waals surface area contributed by atoms with Crippen LogP contribution >= 0.6 is 34.8 Å². The van der Waals surface area contributed by atoms with E-state index in [2.05, 4.69) is 30.5 Å². The molecule has 20 heavy (non-hydrogen) atoms. The van der Waals surface area contributed by atoms with Gasteiger partial charge in [0.2, 0.25) is 0 Å². The zero-order valence-corrected chi connectivity index (χ0v) is 15.0. The molecule has 3 nitrogen and oxygen atoms in total. The van der Waals surface area contributed by atoms with Crippen LogP contribution in [0.1, 0.15) is 51.4 Å². The van der Waals surface area contributed by atoms with Crippen molar-refractivity contribution < 1.29 is 9.53 Å². The zero-order chi connectivity index (χ0) is 16.3. The minimum atomic E-state index is -0.640. The molecule has 0 saturated carbocycles. The third-order valence-electron chi connectivity index (χ3n) is 2.10. The van der Waals surface area contributed by atoms with E-state index in [1.807, 2.05) is 13.8 Å². The van der Waals surface area contributed by atoms with Crippen LogP contribution in [0.3, 0.4) is 0 Å². The summed E-state index contributed by atoms with van der Waals surface area (Å²) in [5.74, 6) is 0.245. The van der Waals surface area contributed by atoms with E-state index < -0.39 is 5.97 Å². The van der Waals surface area contributed by atoms with Gasteiger partial charge in [-0.15, -0.1) is 0 Å². The largest absolute Gasteiger partial charge is 0.465 e. The normalized spacial score (nSPS) is 9.10. The molecule has 0 N–H and O–H groups in total. The number of esters is 1. The number of halogens is 3. The minimum Gasteiger partial charge on any atom is -0.465 e. The van der Waals surface area contributed by atoms with Crippen molar-refractivity contribution in [2.24, 2.45) is 5.92 Å². The standard InChI is InChI=1S/C7H4Cl3NO2.C5H12.C2H6/c1-13-7(12)5-3(8)2-4(9)11-6(5)10;1-4-5(2)3;1-2/h2H,1H3;5H,4H2,1-3H3;1-2H3. The Hall–Kier alpha value is -0.510. The van der Waals surface area contributed by atoms with Gasteiger partial charge in [0.15, 0.2) is 0 Å². The Morgan fingerprint density at radius 3 is 2.05 bits per heavy atom. The molecular formula is C14H22Cl3NO2. The summed E-state index contributed by atoms with van der Waals surface area (Å²) in [5, 5.41) is 0.184. The maximum absolute atomic E-state index is 11.1. The molecule has 0 aromatic carbocycles. The molecule has 1 rings (SSSR count). The van der Waals surface area contributed by atoms with Crippen LogP contribution in [0.4, 0.5) is 0 Å². The topological polar surface area (TPSA) is 39.2 Å². The first-order valence-corrected chi connectivity index (χ1v) is 7.56. The summed E-state index contributed by atoms with van der Waals surface area (Å²) in [5.41, 5.74) is 0.0234. The van der Waals surface area contributed by atoms with Crippen LogP contribution in [-0.2, 0) is 4.74 Å². The van der Waals surface area contributed by atoms with Crippen molar-refractivity contribution >= 4 is 40.8 Å². The van der Waals surface area contributed by atoms with Crippen molar-refractivity contribution in [1.29, 1.82) is 0 Å². The van der Waals surface area contributed by atoms with Crippen LogP contribution in [0, 0.1) is 5.92 Å². The van der Waals surface area contributed by atoms with Gasteiger partial charge in [-0.25, -0.2) is 9.78 Å². The highest BCUT2D eigenvalue weighted by Crippen LogP contribution is 2.26. The Balaban J connectivity index is 0. The summed E-state index contributed by atoms with van der Waals surface area (Å²) >= 11 is 16.9. The molecule has 0 amide bonds. The summed E-state index contributed by atoms with van der Waals surface area (Å²) in [7, 11) is 1.23. The summed E-state index contributed by atoms with van der Waals surface area (Å²) < 4.78 is 4.45. The number of carbonyl (C=O) groups excluding carboxylic acids is 1. The molecule has 0 aliphatic rings. The maximum atomic E-state index is 11.1. The van der Waals surface area contributed by atoms with Crippen LogP contribution < -0.4 is 0 Å². The number of ether oxygens (including phenoxy) is 1. The fourth-order valence-electron chi connectivity index (χ4n) is 0.741.